The van der Waals surface area contributed by atoms with Gasteiger partial charge in [-0.25, -0.2) is 4.39 Å². The van der Waals surface area contributed by atoms with Crippen molar-refractivity contribution in [3.05, 3.63) is 64.7 Å². The number of aryl methyl sites for hydroxylation is 1. The number of fused-ring (bicyclic) bond motifs is 4. The van der Waals surface area contributed by atoms with Gasteiger partial charge in [-0.1, -0.05) is 0 Å². The third-order valence-electron chi connectivity index (χ3n) is 6.83. The molecular weight excluding hydrogens is 449 g/mol. The van der Waals surface area contributed by atoms with E-state index in [1.54, 1.807) is 37.5 Å². The number of H-pyrrole nitrogens is 1. The Hall–Kier alpha value is -3.81. The first kappa shape index (κ1) is 23.0. The second kappa shape index (κ2) is 9.44. The van der Waals surface area contributed by atoms with Gasteiger partial charge in [-0.15, -0.1) is 0 Å². The monoisotopic (exact) mass is 477 g/mol. The third-order valence-corrected chi connectivity index (χ3v) is 6.83. The summed E-state index contributed by atoms with van der Waals surface area (Å²) in [7, 11) is 3.14. The molecule has 3 aromatic rings. The van der Waals surface area contributed by atoms with Gasteiger partial charge in [0.05, 0.1) is 26.7 Å². The molecule has 1 aliphatic carbocycles. The lowest BCUT2D eigenvalue weighted by Crippen LogP contribution is -2.35. The Morgan fingerprint density at radius 1 is 1.20 bits per heavy atom. The van der Waals surface area contributed by atoms with Crippen molar-refractivity contribution in [3.63, 3.8) is 0 Å². The van der Waals surface area contributed by atoms with Gasteiger partial charge < -0.3 is 24.7 Å². The van der Waals surface area contributed by atoms with Crippen LogP contribution in [-0.2, 0) is 22.4 Å². The summed E-state index contributed by atoms with van der Waals surface area (Å²) in [5.41, 5.74) is 4.64. The Bertz CT molecular complexity index is 1330. The average Bonchev–Trinajstić information content (AvgIpc) is 3.15. The molecule has 2 aromatic carbocycles. The molecule has 2 heterocycles. The van der Waals surface area contributed by atoms with Gasteiger partial charge in [0.2, 0.25) is 11.8 Å². The van der Waals surface area contributed by atoms with E-state index in [0.29, 0.717) is 11.5 Å². The Balaban J connectivity index is 1.25. The summed E-state index contributed by atoms with van der Waals surface area (Å²) in [4.78, 5) is 30.6. The Morgan fingerprint density at radius 2 is 2.00 bits per heavy atom. The molecule has 182 valence electrons. The minimum absolute atomic E-state index is 0.0855. The number of amides is 2. The number of nitrogens with one attached hydrogen (secondary N) is 2. The second-order valence-electron chi connectivity index (χ2n) is 8.96. The lowest BCUT2D eigenvalue weighted by Gasteiger charge is -2.24. The maximum atomic E-state index is 13.8. The Labute approximate surface area is 202 Å². The molecule has 0 bridgehead atoms. The van der Waals surface area contributed by atoms with Crippen LogP contribution in [0, 0.1) is 5.82 Å². The molecular formula is C27H28FN3O4. The van der Waals surface area contributed by atoms with Gasteiger partial charge >= 0.3 is 0 Å². The number of hydrogen-bond donors (Lipinski definition) is 2. The van der Waals surface area contributed by atoms with Crippen LogP contribution in [0.3, 0.4) is 0 Å². The van der Waals surface area contributed by atoms with Crippen molar-refractivity contribution in [3.8, 4) is 11.5 Å². The summed E-state index contributed by atoms with van der Waals surface area (Å²) >= 11 is 0. The first-order valence-electron chi connectivity index (χ1n) is 11.8. The Kier molecular flexibility index (Phi) is 6.19. The fourth-order valence-electron chi connectivity index (χ4n) is 5.03. The molecule has 2 amide bonds. The SMILES string of the molecule is COc1cc2c(cc1OC)CC(=O)N(CCC(=O)N[C@@H]1CCCc3c1[nH]c1ccc(F)cc31)C=C2. The van der Waals surface area contributed by atoms with Crippen LogP contribution in [0.25, 0.3) is 17.0 Å². The summed E-state index contributed by atoms with van der Waals surface area (Å²) < 4.78 is 24.5. The van der Waals surface area contributed by atoms with Crippen molar-refractivity contribution in [2.45, 2.75) is 38.1 Å². The molecule has 0 spiro atoms. The Morgan fingerprint density at radius 3 is 2.80 bits per heavy atom. The van der Waals surface area contributed by atoms with Gasteiger partial charge in [-0.05, 0) is 72.4 Å². The fraction of sp³-hybridized carbons (Fsp3) is 0.333. The van der Waals surface area contributed by atoms with Crippen LogP contribution in [0.2, 0.25) is 0 Å². The van der Waals surface area contributed by atoms with Gasteiger partial charge in [-0.3, -0.25) is 9.59 Å². The number of halogens is 1. The molecule has 7 nitrogen and oxygen atoms in total. The largest absolute Gasteiger partial charge is 0.493 e. The van der Waals surface area contributed by atoms with Gasteiger partial charge in [0.25, 0.3) is 0 Å². The summed E-state index contributed by atoms with van der Waals surface area (Å²) in [6.07, 6.45) is 6.56. The average molecular weight is 478 g/mol. The molecule has 1 atom stereocenters. The smallest absolute Gasteiger partial charge is 0.230 e. The normalized spacial score (nSPS) is 17.1. The van der Waals surface area contributed by atoms with Crippen LogP contribution in [-0.4, -0.2) is 42.5 Å². The lowest BCUT2D eigenvalue weighted by molar-refractivity contribution is -0.128. The number of carbonyl (C=O) groups is 2. The molecule has 8 heteroatoms. The van der Waals surface area contributed by atoms with E-state index in [4.69, 9.17) is 9.47 Å². The van der Waals surface area contributed by atoms with Crippen LogP contribution in [0.4, 0.5) is 4.39 Å². The molecule has 0 unspecified atom stereocenters. The number of methoxy groups -OCH3 is 2. The predicted molar refractivity (Wildman–Crippen MR) is 131 cm³/mol. The molecule has 0 saturated heterocycles. The maximum absolute atomic E-state index is 13.8. The highest BCUT2D eigenvalue weighted by Gasteiger charge is 2.26. The number of carbonyl (C=O) groups excluding carboxylic acids is 2. The minimum Gasteiger partial charge on any atom is -0.493 e. The molecule has 2 aliphatic rings. The molecule has 1 aliphatic heterocycles. The minimum atomic E-state index is -0.264. The molecule has 35 heavy (non-hydrogen) atoms. The molecule has 1 aromatic heterocycles. The van der Waals surface area contributed by atoms with Gasteiger partial charge in [-0.2, -0.15) is 0 Å². The number of ether oxygens (including phenoxy) is 2. The van der Waals surface area contributed by atoms with E-state index in [1.165, 1.54) is 6.07 Å². The summed E-state index contributed by atoms with van der Waals surface area (Å²) in [6, 6.07) is 8.24. The fourth-order valence-corrected chi connectivity index (χ4v) is 5.03. The number of benzene rings is 2. The molecule has 5 rings (SSSR count). The van der Waals surface area contributed by atoms with E-state index >= 15 is 0 Å². The van der Waals surface area contributed by atoms with Crippen molar-refractivity contribution in [2.24, 2.45) is 0 Å². The van der Waals surface area contributed by atoms with Crippen molar-refractivity contribution in [1.29, 1.82) is 0 Å². The van der Waals surface area contributed by atoms with E-state index < -0.39 is 0 Å². The van der Waals surface area contributed by atoms with Crippen molar-refractivity contribution in [1.82, 2.24) is 15.2 Å². The molecule has 2 N–H and O–H groups in total. The van der Waals surface area contributed by atoms with E-state index in [-0.39, 0.29) is 43.1 Å². The van der Waals surface area contributed by atoms with Crippen LogP contribution in [0.15, 0.2) is 36.5 Å². The van der Waals surface area contributed by atoms with E-state index in [9.17, 15) is 14.0 Å². The highest BCUT2D eigenvalue weighted by molar-refractivity contribution is 5.87. The highest BCUT2D eigenvalue weighted by atomic mass is 19.1. The molecule has 0 radical (unpaired) electrons. The maximum Gasteiger partial charge on any atom is 0.230 e. The summed E-state index contributed by atoms with van der Waals surface area (Å²) in [5.74, 6) is 0.700. The summed E-state index contributed by atoms with van der Waals surface area (Å²) in [5, 5.41) is 3.99. The third kappa shape index (κ3) is 4.48. The molecule has 0 fully saturated rings. The molecule has 0 saturated carbocycles. The zero-order valence-electron chi connectivity index (χ0n) is 19.8. The van der Waals surface area contributed by atoms with Crippen LogP contribution >= 0.6 is 0 Å². The van der Waals surface area contributed by atoms with Crippen molar-refractivity contribution >= 4 is 28.8 Å². The van der Waals surface area contributed by atoms with E-state index in [2.05, 4.69) is 10.3 Å². The zero-order chi connectivity index (χ0) is 24.5. The van der Waals surface area contributed by atoms with E-state index in [0.717, 1.165) is 52.5 Å². The van der Waals surface area contributed by atoms with Crippen molar-refractivity contribution < 1.29 is 23.5 Å². The first-order valence-corrected chi connectivity index (χ1v) is 11.8. The van der Waals surface area contributed by atoms with Gasteiger partial charge in [0, 0.05) is 35.8 Å². The number of nitrogens with zero attached hydrogens (tertiary/aromatic N) is 1. The van der Waals surface area contributed by atoms with Crippen LogP contribution < -0.4 is 14.8 Å². The lowest BCUT2D eigenvalue weighted by atomic mass is 9.91. The predicted octanol–water partition coefficient (Wildman–Crippen LogP) is 4.26. The van der Waals surface area contributed by atoms with E-state index in [1.807, 2.05) is 18.2 Å². The first-order chi connectivity index (χ1) is 17.0. The van der Waals surface area contributed by atoms with Crippen molar-refractivity contribution in [2.75, 3.05) is 20.8 Å². The van der Waals surface area contributed by atoms with Gasteiger partial charge in [0.15, 0.2) is 11.5 Å². The number of hydrogen-bond acceptors (Lipinski definition) is 4. The zero-order valence-corrected chi connectivity index (χ0v) is 19.8. The standard InChI is InChI=1S/C27H28FN3O4/c1-34-23-12-16-8-10-31(26(33)14-17(16)13-24(23)35-2)11-9-25(32)29-22-5-3-4-19-20-15-18(28)6-7-21(20)30-27(19)22/h6-8,10,12-13,15,22,30H,3-5,9,11,14H2,1-2H3,(H,29,32)/t22-/m1/s1. The number of aromatic amines is 1. The van der Waals surface area contributed by atoms with Crippen LogP contribution in [0.5, 0.6) is 11.5 Å². The number of aromatic nitrogens is 1. The highest BCUT2D eigenvalue weighted by Crippen LogP contribution is 2.35. The summed E-state index contributed by atoms with van der Waals surface area (Å²) in [6.45, 7) is 0.279. The second-order valence-corrected chi connectivity index (χ2v) is 8.96. The topological polar surface area (TPSA) is 83.7 Å². The quantitative estimate of drug-likeness (QED) is 0.556. The number of rotatable bonds is 6. The van der Waals surface area contributed by atoms with Crippen LogP contribution in [0.1, 0.15) is 47.7 Å². The van der Waals surface area contributed by atoms with Gasteiger partial charge in [0.1, 0.15) is 5.82 Å².